The molecule has 0 aromatic carbocycles. The maximum atomic E-state index is 12.4. The van der Waals surface area contributed by atoms with Crippen LogP contribution >= 0.6 is 0 Å². The molecule has 0 aromatic heterocycles. The third-order valence-electron chi connectivity index (χ3n) is 4.70. The number of allylic oxidation sites excluding steroid dienone is 4. The fraction of sp³-hybridized carbons (Fsp3) is 0.533. The molecular formula is C15H18N4O. The number of hydrogen-bond acceptors (Lipinski definition) is 4. The predicted octanol–water partition coefficient (Wildman–Crippen LogP) is 1.10. The van der Waals surface area contributed by atoms with Crippen LogP contribution in [0.15, 0.2) is 34.0 Å². The van der Waals surface area contributed by atoms with Gasteiger partial charge >= 0.3 is 0 Å². The van der Waals surface area contributed by atoms with Crippen molar-refractivity contribution in [1.82, 2.24) is 10.3 Å². The Morgan fingerprint density at radius 1 is 1.40 bits per heavy atom. The van der Waals surface area contributed by atoms with Crippen molar-refractivity contribution < 1.29 is 4.79 Å². The van der Waals surface area contributed by atoms with Crippen molar-refractivity contribution in [3.63, 3.8) is 0 Å². The molecule has 1 amide bonds. The Morgan fingerprint density at radius 2 is 2.25 bits per heavy atom. The highest BCUT2D eigenvalue weighted by atomic mass is 16.1. The van der Waals surface area contributed by atoms with Gasteiger partial charge in [0.1, 0.15) is 5.71 Å². The van der Waals surface area contributed by atoms with Crippen LogP contribution in [0.2, 0.25) is 0 Å². The van der Waals surface area contributed by atoms with E-state index in [1.54, 1.807) is 0 Å². The summed E-state index contributed by atoms with van der Waals surface area (Å²) in [6.07, 6.45) is 9.19. The number of nitrogens with zero attached hydrogens (tertiary/aromatic N) is 3. The first-order chi connectivity index (χ1) is 9.81. The molecule has 0 aromatic rings. The van der Waals surface area contributed by atoms with Crippen LogP contribution in [0.3, 0.4) is 0 Å². The van der Waals surface area contributed by atoms with E-state index >= 15 is 0 Å². The summed E-state index contributed by atoms with van der Waals surface area (Å²) in [4.78, 5) is 19.2. The summed E-state index contributed by atoms with van der Waals surface area (Å²) < 4.78 is 0. The number of rotatable bonds is 1. The molecule has 20 heavy (non-hydrogen) atoms. The van der Waals surface area contributed by atoms with Gasteiger partial charge in [-0.25, -0.2) is 4.99 Å². The van der Waals surface area contributed by atoms with Crippen LogP contribution in [0.4, 0.5) is 0 Å². The molecule has 0 radical (unpaired) electrons. The third-order valence-corrected chi connectivity index (χ3v) is 4.70. The molecule has 5 rings (SSSR count). The van der Waals surface area contributed by atoms with Gasteiger partial charge in [-0.1, -0.05) is 12.2 Å². The van der Waals surface area contributed by atoms with Crippen molar-refractivity contribution in [3.05, 3.63) is 23.9 Å². The zero-order valence-electron chi connectivity index (χ0n) is 11.4. The van der Waals surface area contributed by atoms with Gasteiger partial charge in [-0.15, -0.1) is 0 Å². The molecule has 1 aliphatic carbocycles. The fourth-order valence-corrected chi connectivity index (χ4v) is 3.50. The fourth-order valence-electron chi connectivity index (χ4n) is 3.50. The topological polar surface area (TPSA) is 57.1 Å². The zero-order chi connectivity index (χ0) is 13.5. The lowest BCUT2D eigenvalue weighted by atomic mass is 9.86. The van der Waals surface area contributed by atoms with Crippen molar-refractivity contribution >= 4 is 17.3 Å². The van der Waals surface area contributed by atoms with E-state index in [1.807, 2.05) is 12.2 Å². The van der Waals surface area contributed by atoms with E-state index in [1.165, 1.54) is 0 Å². The normalized spacial score (nSPS) is 36.4. The van der Waals surface area contributed by atoms with Crippen molar-refractivity contribution in [1.29, 1.82) is 0 Å². The van der Waals surface area contributed by atoms with Crippen molar-refractivity contribution in [2.75, 3.05) is 19.6 Å². The van der Waals surface area contributed by atoms with Gasteiger partial charge in [0, 0.05) is 23.9 Å². The van der Waals surface area contributed by atoms with Gasteiger partial charge in [-0.3, -0.25) is 15.1 Å². The van der Waals surface area contributed by atoms with Gasteiger partial charge < -0.3 is 0 Å². The Morgan fingerprint density at radius 3 is 3.00 bits per heavy atom. The molecule has 3 fully saturated rings. The number of fused-ring (bicyclic) bond motifs is 4. The molecule has 5 heteroatoms. The number of nitrogens with one attached hydrogen (secondary N) is 1. The SMILES string of the molecule is O=C(N=C1CN2CCC1CC2)C1=NNC2=CC=CCC21. The average molecular weight is 270 g/mol. The number of aliphatic imine (C=N–C) groups is 1. The molecule has 2 bridgehead atoms. The lowest BCUT2D eigenvalue weighted by Crippen LogP contribution is -2.48. The third kappa shape index (κ3) is 1.93. The summed E-state index contributed by atoms with van der Waals surface area (Å²) >= 11 is 0. The monoisotopic (exact) mass is 270 g/mol. The van der Waals surface area contributed by atoms with Crippen molar-refractivity contribution in [2.24, 2.45) is 21.9 Å². The van der Waals surface area contributed by atoms with E-state index in [4.69, 9.17) is 0 Å². The van der Waals surface area contributed by atoms with E-state index in [0.29, 0.717) is 11.6 Å². The number of hydrazone groups is 1. The molecule has 3 saturated heterocycles. The second kappa shape index (κ2) is 4.66. The molecule has 1 unspecified atom stereocenters. The second-order valence-electron chi connectivity index (χ2n) is 5.91. The molecular weight excluding hydrogens is 252 g/mol. The molecule has 5 aliphatic rings. The van der Waals surface area contributed by atoms with E-state index in [2.05, 4.69) is 26.5 Å². The average Bonchev–Trinajstić information content (AvgIpc) is 2.92. The lowest BCUT2D eigenvalue weighted by Gasteiger charge is -2.39. The molecule has 104 valence electrons. The van der Waals surface area contributed by atoms with Gasteiger partial charge in [-0.05, 0) is 38.4 Å². The van der Waals surface area contributed by atoms with Crippen molar-refractivity contribution in [2.45, 2.75) is 19.3 Å². The summed E-state index contributed by atoms with van der Waals surface area (Å²) in [5.41, 5.74) is 5.62. The predicted molar refractivity (Wildman–Crippen MR) is 77.5 cm³/mol. The highest BCUT2D eigenvalue weighted by molar-refractivity contribution is 6.42. The van der Waals surface area contributed by atoms with Crippen LogP contribution in [0.25, 0.3) is 0 Å². The van der Waals surface area contributed by atoms with Gasteiger partial charge in [0.05, 0.1) is 5.92 Å². The van der Waals surface area contributed by atoms with E-state index < -0.39 is 0 Å². The van der Waals surface area contributed by atoms with E-state index in [9.17, 15) is 4.79 Å². The first-order valence-corrected chi connectivity index (χ1v) is 7.36. The van der Waals surface area contributed by atoms with Gasteiger partial charge in [0.2, 0.25) is 0 Å². The Kier molecular flexibility index (Phi) is 2.80. The zero-order valence-corrected chi connectivity index (χ0v) is 11.4. The minimum atomic E-state index is -0.148. The summed E-state index contributed by atoms with van der Waals surface area (Å²) in [6, 6.07) is 0. The van der Waals surface area contributed by atoms with Gasteiger partial charge in [0.15, 0.2) is 0 Å². The lowest BCUT2D eigenvalue weighted by molar-refractivity contribution is -0.112. The van der Waals surface area contributed by atoms with E-state index in [-0.39, 0.29) is 11.8 Å². The Bertz CT molecular complexity index is 564. The highest BCUT2D eigenvalue weighted by Crippen LogP contribution is 2.27. The largest absolute Gasteiger partial charge is 0.298 e. The van der Waals surface area contributed by atoms with Crippen molar-refractivity contribution in [3.8, 4) is 0 Å². The van der Waals surface area contributed by atoms with E-state index in [0.717, 1.165) is 50.3 Å². The van der Waals surface area contributed by atoms with Gasteiger partial charge in [-0.2, -0.15) is 5.10 Å². The number of amides is 1. The number of piperidine rings is 3. The molecule has 0 saturated carbocycles. The molecule has 1 atom stereocenters. The second-order valence-corrected chi connectivity index (χ2v) is 5.91. The van der Waals surface area contributed by atoms with Crippen LogP contribution in [0, 0.1) is 11.8 Å². The number of carbonyl (C=O) groups excluding carboxylic acids is 1. The Hall–Kier alpha value is -1.75. The minimum absolute atomic E-state index is 0.0814. The smallest absolute Gasteiger partial charge is 0.293 e. The van der Waals surface area contributed by atoms with Crippen LogP contribution in [0.1, 0.15) is 19.3 Å². The maximum Gasteiger partial charge on any atom is 0.293 e. The first-order valence-electron chi connectivity index (χ1n) is 7.36. The Balaban J connectivity index is 1.54. The first kappa shape index (κ1) is 12.0. The number of hydrogen-bond donors (Lipinski definition) is 1. The summed E-state index contributed by atoms with van der Waals surface area (Å²) in [5, 5.41) is 4.20. The summed E-state index contributed by atoms with van der Waals surface area (Å²) in [7, 11) is 0. The Labute approximate surface area is 118 Å². The van der Waals surface area contributed by atoms with Crippen LogP contribution in [-0.2, 0) is 4.79 Å². The van der Waals surface area contributed by atoms with Gasteiger partial charge in [0.25, 0.3) is 5.91 Å². The number of carbonyl (C=O) groups is 1. The summed E-state index contributed by atoms with van der Waals surface area (Å²) in [6.45, 7) is 3.17. The van der Waals surface area contributed by atoms with Crippen LogP contribution in [0.5, 0.6) is 0 Å². The van der Waals surface area contributed by atoms with Crippen LogP contribution < -0.4 is 5.43 Å². The van der Waals surface area contributed by atoms with Crippen LogP contribution in [-0.4, -0.2) is 41.9 Å². The molecule has 5 nitrogen and oxygen atoms in total. The maximum absolute atomic E-state index is 12.4. The minimum Gasteiger partial charge on any atom is -0.298 e. The quantitative estimate of drug-likeness (QED) is 0.776. The molecule has 4 heterocycles. The summed E-state index contributed by atoms with van der Waals surface area (Å²) in [5.74, 6) is 0.447. The molecule has 0 spiro atoms. The highest BCUT2D eigenvalue weighted by Gasteiger charge is 2.34. The molecule has 1 N–H and O–H groups in total. The molecule has 4 aliphatic heterocycles. The standard InChI is InChI=1S/C15H18N4O/c20-15(14-11-3-1-2-4-12(11)17-18-14)16-13-9-19-7-5-10(13)6-8-19/h1-2,4,10-11,17H,3,5-9H2.